The average Bonchev–Trinajstić information content (AvgIpc) is 1.85. The van der Waals surface area contributed by atoms with Crippen LogP contribution in [0.2, 0.25) is 0 Å². The topological polar surface area (TPSA) is 0 Å². The van der Waals surface area contributed by atoms with Crippen LogP contribution in [0.5, 0.6) is 0 Å². The van der Waals surface area contributed by atoms with Crippen molar-refractivity contribution in [3.8, 4) is 0 Å². The fraction of sp³-hybridized carbons (Fsp3) is 0. The van der Waals surface area contributed by atoms with Gasteiger partial charge in [0.1, 0.15) is 45.1 Å². The van der Waals surface area contributed by atoms with Crippen LogP contribution >= 0.6 is 49.6 Å². The molecule has 11 heavy (non-hydrogen) atoms. The largest absolute Gasteiger partial charge is 0.370 e. The van der Waals surface area contributed by atoms with E-state index in [9.17, 15) is 0 Å². The van der Waals surface area contributed by atoms with Gasteiger partial charge >= 0.3 is 4.52 Å². The van der Waals surface area contributed by atoms with Crippen molar-refractivity contribution in [2.45, 2.75) is 4.90 Å². The van der Waals surface area contributed by atoms with E-state index in [0.29, 0.717) is 0 Å². The van der Waals surface area contributed by atoms with Gasteiger partial charge in [0.2, 0.25) is 0 Å². The maximum absolute atomic E-state index is 5.67. The zero-order chi connectivity index (χ0) is 8.32. The maximum atomic E-state index is 5.67. The fourth-order valence-corrected chi connectivity index (χ4v) is 4.35. The van der Waals surface area contributed by atoms with E-state index in [2.05, 4.69) is 0 Å². The van der Waals surface area contributed by atoms with E-state index in [0.717, 1.165) is 4.90 Å². The quantitative estimate of drug-likeness (QED) is 0.649. The van der Waals surface area contributed by atoms with Crippen LogP contribution in [0.25, 0.3) is 0 Å². The minimum atomic E-state index is -2.30. The summed E-state index contributed by atoms with van der Waals surface area (Å²) in [7, 11) is 0. The van der Waals surface area contributed by atoms with Gasteiger partial charge in [-0.1, -0.05) is 18.2 Å². The highest BCUT2D eigenvalue weighted by Gasteiger charge is 2.35. The van der Waals surface area contributed by atoms with Gasteiger partial charge in [-0.15, -0.1) is 0 Å². The summed E-state index contributed by atoms with van der Waals surface area (Å²) < 4.78 is -2.30. The molecule has 0 nitrogen and oxygen atoms in total. The number of rotatable bonds is 2. The lowest BCUT2D eigenvalue weighted by Gasteiger charge is -1.96. The Kier molecular flexibility index (Phi) is 3.80. The molecule has 0 amide bonds. The van der Waals surface area contributed by atoms with Crippen LogP contribution < -0.4 is 0 Å². The van der Waals surface area contributed by atoms with E-state index in [1.807, 2.05) is 30.3 Å². The summed E-state index contributed by atoms with van der Waals surface area (Å²) in [6, 6.07) is 9.62. The van der Waals surface area contributed by atoms with Crippen LogP contribution in [0.4, 0.5) is 0 Å². The van der Waals surface area contributed by atoms with Gasteiger partial charge in [0, 0.05) is 0 Å². The normalized spacial score (nSPS) is 11.5. The van der Waals surface area contributed by atoms with Crippen molar-refractivity contribution in [1.82, 2.24) is 0 Å². The van der Waals surface area contributed by atoms with E-state index >= 15 is 0 Å². The van der Waals surface area contributed by atoms with Gasteiger partial charge < -0.3 is 0 Å². The van der Waals surface area contributed by atoms with Gasteiger partial charge in [0.25, 0.3) is 0 Å². The summed E-state index contributed by atoms with van der Waals surface area (Å²) in [5, 5.41) is 0. The van der Waals surface area contributed by atoms with Crippen molar-refractivity contribution >= 4 is 49.6 Å². The molecule has 5 heteroatoms. The molecule has 0 fully saturated rings. The molecule has 1 rings (SSSR count). The zero-order valence-corrected chi connectivity index (χ0v) is 9.35. The number of benzene rings is 1. The second-order valence-electron chi connectivity index (χ2n) is 1.80. The summed E-state index contributed by atoms with van der Waals surface area (Å²) >= 11 is 18.3. The Morgan fingerprint density at radius 3 is 2.00 bits per heavy atom. The molecule has 0 bridgehead atoms. The van der Waals surface area contributed by atoms with Gasteiger partial charge in [-0.3, -0.25) is 0 Å². The Bertz CT molecular complexity index is 221. The zero-order valence-electron chi connectivity index (χ0n) is 5.38. The van der Waals surface area contributed by atoms with Crippen molar-refractivity contribution in [1.29, 1.82) is 0 Å². The second kappa shape index (κ2) is 4.20. The van der Waals surface area contributed by atoms with Crippen LogP contribution in [-0.2, 0) is 0 Å². The molecule has 0 atom stereocenters. The predicted molar refractivity (Wildman–Crippen MR) is 56.8 cm³/mol. The predicted octanol–water partition coefficient (Wildman–Crippen LogP) is 5.17. The summed E-state index contributed by atoms with van der Waals surface area (Å²) in [5.41, 5.74) is 0. The molecule has 0 aliphatic rings. The van der Waals surface area contributed by atoms with Gasteiger partial charge in [-0.05, 0) is 12.1 Å². The summed E-state index contributed by atoms with van der Waals surface area (Å²) in [4.78, 5) is 1.00. The molecular formula is C6H5Cl3PS+. The Labute approximate surface area is 84.7 Å². The first-order valence-electron chi connectivity index (χ1n) is 2.80. The first-order chi connectivity index (χ1) is 5.08. The average molecular weight is 247 g/mol. The Morgan fingerprint density at radius 1 is 1.00 bits per heavy atom. The summed E-state index contributed by atoms with van der Waals surface area (Å²) in [6.45, 7) is 0. The van der Waals surface area contributed by atoms with E-state index < -0.39 is 4.52 Å². The summed E-state index contributed by atoms with van der Waals surface area (Å²) in [5.74, 6) is 0. The second-order valence-corrected chi connectivity index (χ2v) is 13.4. The molecule has 1 aromatic carbocycles. The third-order valence-electron chi connectivity index (χ3n) is 0.952. The third kappa shape index (κ3) is 4.45. The van der Waals surface area contributed by atoms with Gasteiger partial charge in [-0.2, -0.15) is 0 Å². The molecule has 0 spiro atoms. The summed E-state index contributed by atoms with van der Waals surface area (Å²) in [6.07, 6.45) is 0. The standard InChI is InChI=1S/C6H5Cl3PS/c7-10(8,9)11-6-4-2-1-3-5-6/h1-5H/q+1. The molecule has 1 aromatic rings. The smallest absolute Gasteiger partial charge is 0.0622 e. The first kappa shape index (κ1) is 9.95. The molecular weight excluding hydrogens is 241 g/mol. The highest BCUT2D eigenvalue weighted by molar-refractivity contribution is 8.85. The first-order valence-corrected chi connectivity index (χ1v) is 8.73. The lowest BCUT2D eigenvalue weighted by Crippen LogP contribution is -1.64. The Morgan fingerprint density at radius 2 is 1.55 bits per heavy atom. The maximum Gasteiger partial charge on any atom is 0.370 e. The minimum absolute atomic E-state index is 1.00. The molecule has 0 aromatic heterocycles. The molecule has 0 heterocycles. The Balaban J connectivity index is 2.66. The monoisotopic (exact) mass is 245 g/mol. The van der Waals surface area contributed by atoms with Gasteiger partial charge in [-0.25, -0.2) is 0 Å². The SMILES string of the molecule is Cl[P+](Cl)(Cl)Sc1ccccc1. The third-order valence-corrected chi connectivity index (χ3v) is 4.76. The molecule has 0 saturated carbocycles. The molecule has 0 radical (unpaired) electrons. The van der Waals surface area contributed by atoms with Crippen molar-refractivity contribution < 1.29 is 0 Å². The molecule has 0 unspecified atom stereocenters. The highest BCUT2D eigenvalue weighted by atomic mass is 36.1. The molecule has 0 saturated heterocycles. The van der Waals surface area contributed by atoms with Crippen molar-refractivity contribution in [3.05, 3.63) is 30.3 Å². The number of hydrogen-bond donors (Lipinski definition) is 0. The van der Waals surface area contributed by atoms with E-state index in [-0.39, 0.29) is 0 Å². The van der Waals surface area contributed by atoms with Crippen molar-refractivity contribution in [2.75, 3.05) is 0 Å². The van der Waals surface area contributed by atoms with E-state index in [1.165, 1.54) is 11.4 Å². The van der Waals surface area contributed by atoms with E-state index in [1.54, 1.807) is 0 Å². The van der Waals surface area contributed by atoms with Gasteiger partial charge in [0.15, 0.2) is 0 Å². The highest BCUT2D eigenvalue weighted by Crippen LogP contribution is 2.84. The van der Waals surface area contributed by atoms with Crippen LogP contribution in [-0.4, -0.2) is 0 Å². The number of hydrogen-bond acceptors (Lipinski definition) is 1. The van der Waals surface area contributed by atoms with Gasteiger partial charge in [0.05, 0.1) is 4.90 Å². The van der Waals surface area contributed by atoms with Crippen molar-refractivity contribution in [3.63, 3.8) is 0 Å². The van der Waals surface area contributed by atoms with Crippen LogP contribution in [0.1, 0.15) is 0 Å². The molecule has 0 aliphatic carbocycles. The molecule has 0 aliphatic heterocycles. The number of halogens is 3. The Hall–Kier alpha value is 0.870. The van der Waals surface area contributed by atoms with Crippen molar-refractivity contribution in [2.24, 2.45) is 0 Å². The van der Waals surface area contributed by atoms with Crippen LogP contribution in [0, 0.1) is 0 Å². The fourth-order valence-electron chi connectivity index (χ4n) is 0.601. The van der Waals surface area contributed by atoms with Crippen LogP contribution in [0.15, 0.2) is 35.2 Å². The lowest BCUT2D eigenvalue weighted by atomic mass is 10.4. The molecule has 0 N–H and O–H groups in total. The van der Waals surface area contributed by atoms with E-state index in [4.69, 9.17) is 33.7 Å². The molecule has 60 valence electrons. The lowest BCUT2D eigenvalue weighted by molar-refractivity contribution is 1.48. The minimum Gasteiger partial charge on any atom is -0.0622 e. The van der Waals surface area contributed by atoms with Crippen LogP contribution in [0.3, 0.4) is 0 Å².